The Morgan fingerprint density at radius 2 is 1.42 bits per heavy atom. The number of hydrogen-bond acceptors (Lipinski definition) is 14. The number of rotatable bonds is 11. The van der Waals surface area contributed by atoms with Gasteiger partial charge < -0.3 is 28.4 Å². The molecule has 0 aromatic heterocycles. The van der Waals surface area contributed by atoms with Gasteiger partial charge in [-0.05, 0) is 12.8 Å². The number of carbonyl (C=O) groups excluding carboxylic acids is 7. The predicted octanol–water partition coefficient (Wildman–Crippen LogP) is 1.83. The van der Waals surface area contributed by atoms with Crippen molar-refractivity contribution in [1.29, 1.82) is 0 Å². The second-order valence-corrected chi connectivity index (χ2v) is 12.0. The highest BCUT2D eigenvalue weighted by atomic mass is 32.2. The lowest BCUT2D eigenvalue weighted by atomic mass is 9.87. The third-order valence-corrected chi connectivity index (χ3v) is 8.59. The van der Waals surface area contributed by atoms with E-state index < -0.39 is 83.7 Å². The maximum atomic E-state index is 13.6. The number of methoxy groups -OCH3 is 1. The average molecular weight is 632 g/mol. The Hall–Kier alpha value is -3.20. The number of nitrogens with zero attached hydrogens (tertiary/aromatic N) is 1. The third kappa shape index (κ3) is 9.91. The van der Waals surface area contributed by atoms with Crippen molar-refractivity contribution in [1.82, 2.24) is 4.90 Å². The van der Waals surface area contributed by atoms with Crippen LogP contribution >= 0.6 is 11.8 Å². The molecule has 0 radical (unpaired) electrons. The molecule has 6 atom stereocenters. The summed E-state index contributed by atoms with van der Waals surface area (Å²) in [5, 5.41) is -0.0720. The second-order valence-electron chi connectivity index (χ2n) is 10.5. The van der Waals surface area contributed by atoms with E-state index in [0.29, 0.717) is 0 Å². The molecule has 0 aromatic rings. The molecule has 242 valence electrons. The fourth-order valence-corrected chi connectivity index (χ4v) is 7.21. The van der Waals surface area contributed by atoms with Crippen molar-refractivity contribution in [3.05, 3.63) is 0 Å². The van der Waals surface area contributed by atoms with E-state index in [9.17, 15) is 33.6 Å². The number of esters is 5. The van der Waals surface area contributed by atoms with Crippen molar-refractivity contribution in [2.75, 3.05) is 13.7 Å². The Morgan fingerprint density at radius 3 is 1.88 bits per heavy atom. The van der Waals surface area contributed by atoms with Gasteiger partial charge in [0, 0.05) is 53.2 Å². The van der Waals surface area contributed by atoms with Crippen LogP contribution in [0, 0.1) is 0 Å². The molecule has 1 saturated carbocycles. The summed E-state index contributed by atoms with van der Waals surface area (Å²) in [6.45, 7) is 5.95. The van der Waals surface area contributed by atoms with Gasteiger partial charge in [-0.2, -0.15) is 0 Å². The molecule has 2 amide bonds. The molecule has 14 nitrogen and oxygen atoms in total. The van der Waals surface area contributed by atoms with Crippen LogP contribution in [0.2, 0.25) is 0 Å². The van der Waals surface area contributed by atoms with Crippen molar-refractivity contribution in [2.45, 2.75) is 121 Å². The largest absolute Gasteiger partial charge is 0.466 e. The molecule has 2 rings (SSSR count). The molecule has 0 N–H and O–H groups in total. The van der Waals surface area contributed by atoms with Gasteiger partial charge in [0.15, 0.2) is 12.2 Å². The molecule has 1 aliphatic heterocycles. The maximum Gasteiger partial charge on any atom is 0.349 e. The van der Waals surface area contributed by atoms with Gasteiger partial charge in [-0.3, -0.25) is 33.7 Å². The van der Waals surface area contributed by atoms with Crippen molar-refractivity contribution >= 4 is 53.4 Å². The molecule has 0 bridgehead atoms. The summed E-state index contributed by atoms with van der Waals surface area (Å²) in [5.41, 5.74) is 0. The van der Waals surface area contributed by atoms with E-state index in [0.717, 1.165) is 97.4 Å². The third-order valence-electron chi connectivity index (χ3n) is 6.97. The molecular weight excluding hydrogens is 590 g/mol. The minimum Gasteiger partial charge on any atom is -0.466 e. The van der Waals surface area contributed by atoms with Crippen molar-refractivity contribution < 1.29 is 62.0 Å². The monoisotopic (exact) mass is 631 g/mol. The van der Waals surface area contributed by atoms with E-state index >= 15 is 0 Å². The molecule has 2 aliphatic rings. The Kier molecular flexibility index (Phi) is 13.4. The number of amides is 2. The Labute approximate surface area is 254 Å². The van der Waals surface area contributed by atoms with Gasteiger partial charge in [0.25, 0.3) is 0 Å². The van der Waals surface area contributed by atoms with Crippen LogP contribution in [0.15, 0.2) is 0 Å². The number of hydrogen-bond donors (Lipinski definition) is 0. The van der Waals surface area contributed by atoms with Crippen LogP contribution in [-0.4, -0.2) is 101 Å². The SMILES string of the molecule is COC(=O)[C@@]1(SC2CCCCC2)C[C@H](OC(C)=O)[C@@H](N(C(C)=O)C(C)=O)[C@H]([C@H](OC(C)=O)[C@@H](COC(C)=O)OC(C)=O)O1. The molecule has 0 spiro atoms. The smallest absolute Gasteiger partial charge is 0.349 e. The first-order chi connectivity index (χ1) is 20.1. The summed E-state index contributed by atoms with van der Waals surface area (Å²) in [7, 11) is 1.15. The fraction of sp³-hybridized carbons (Fsp3) is 0.750. The zero-order valence-corrected chi connectivity index (χ0v) is 26.4. The van der Waals surface area contributed by atoms with Gasteiger partial charge in [-0.25, -0.2) is 4.79 Å². The van der Waals surface area contributed by atoms with Crippen LogP contribution in [0.3, 0.4) is 0 Å². The molecule has 2 fully saturated rings. The van der Waals surface area contributed by atoms with Crippen LogP contribution in [-0.2, 0) is 62.0 Å². The summed E-state index contributed by atoms with van der Waals surface area (Å²) in [4.78, 5) is 86.9. The number of imide groups is 1. The van der Waals surface area contributed by atoms with Gasteiger partial charge in [0.05, 0.1) is 7.11 Å². The lowest BCUT2D eigenvalue weighted by molar-refractivity contribution is -0.233. The van der Waals surface area contributed by atoms with Crippen LogP contribution in [0.5, 0.6) is 0 Å². The number of thioether (sulfide) groups is 1. The average Bonchev–Trinajstić information content (AvgIpc) is 2.90. The summed E-state index contributed by atoms with van der Waals surface area (Å²) >= 11 is 1.16. The van der Waals surface area contributed by atoms with E-state index in [4.69, 9.17) is 28.4 Å². The number of ether oxygens (including phenoxy) is 6. The topological polar surface area (TPSA) is 178 Å². The van der Waals surface area contributed by atoms with E-state index in [-0.39, 0.29) is 11.7 Å². The van der Waals surface area contributed by atoms with Gasteiger partial charge in [0.1, 0.15) is 24.9 Å². The molecule has 1 saturated heterocycles. The highest BCUT2D eigenvalue weighted by Gasteiger charge is 2.61. The van der Waals surface area contributed by atoms with Crippen LogP contribution in [0.1, 0.15) is 80.1 Å². The quantitative estimate of drug-likeness (QED) is 0.238. The van der Waals surface area contributed by atoms with E-state index in [1.54, 1.807) is 0 Å². The molecule has 15 heteroatoms. The van der Waals surface area contributed by atoms with Crippen LogP contribution in [0.4, 0.5) is 0 Å². The standard InChI is InChI=1S/C28H41NO13S/c1-15(30)29(16(2)31)24-22(39-18(4)33)13-28(27(36)37-7,43-21-11-9-8-10-12-21)42-26(24)25(41-20(6)35)23(40-19(5)34)14-38-17(3)32/h21-26H,8-14H2,1-7H3/t22-,23+,24+,25+,26+,28-/m0/s1. The van der Waals surface area contributed by atoms with E-state index in [2.05, 4.69) is 0 Å². The number of carbonyl (C=O) groups is 7. The first-order valence-corrected chi connectivity index (χ1v) is 14.9. The Bertz CT molecular complexity index is 1060. The second kappa shape index (κ2) is 16.0. The molecule has 1 aliphatic carbocycles. The van der Waals surface area contributed by atoms with Gasteiger partial charge in [0.2, 0.25) is 16.7 Å². The van der Waals surface area contributed by atoms with Gasteiger partial charge in [-0.1, -0.05) is 19.3 Å². The summed E-state index contributed by atoms with van der Waals surface area (Å²) < 4.78 is 33.4. The molecule has 0 unspecified atom stereocenters. The predicted molar refractivity (Wildman–Crippen MR) is 149 cm³/mol. The fourth-order valence-electron chi connectivity index (χ4n) is 5.49. The van der Waals surface area contributed by atoms with Gasteiger partial charge >= 0.3 is 29.8 Å². The minimum absolute atomic E-state index is 0.0720. The summed E-state index contributed by atoms with van der Waals surface area (Å²) in [5.74, 6) is -5.63. The molecule has 1 heterocycles. The van der Waals surface area contributed by atoms with E-state index in [1.807, 2.05) is 0 Å². The highest BCUT2D eigenvalue weighted by molar-refractivity contribution is 8.01. The minimum atomic E-state index is -1.86. The lowest BCUT2D eigenvalue weighted by Gasteiger charge is -2.51. The summed E-state index contributed by atoms with van der Waals surface area (Å²) in [6, 6.07) is -1.47. The molecule has 0 aromatic carbocycles. The van der Waals surface area contributed by atoms with Crippen molar-refractivity contribution in [3.63, 3.8) is 0 Å². The zero-order valence-electron chi connectivity index (χ0n) is 25.6. The normalized spacial score (nSPS) is 25.3. The Balaban J connectivity index is 2.86. The molecule has 43 heavy (non-hydrogen) atoms. The van der Waals surface area contributed by atoms with Gasteiger partial charge in [-0.15, -0.1) is 11.8 Å². The van der Waals surface area contributed by atoms with Crippen molar-refractivity contribution in [3.8, 4) is 0 Å². The Morgan fingerprint density at radius 1 is 0.837 bits per heavy atom. The zero-order chi connectivity index (χ0) is 32.5. The molecular formula is C28H41NO13S. The van der Waals surface area contributed by atoms with Crippen LogP contribution in [0.25, 0.3) is 0 Å². The van der Waals surface area contributed by atoms with Crippen LogP contribution < -0.4 is 0 Å². The highest BCUT2D eigenvalue weighted by Crippen LogP contribution is 2.48. The first-order valence-electron chi connectivity index (χ1n) is 14.0. The lowest BCUT2D eigenvalue weighted by Crippen LogP contribution is -2.69. The van der Waals surface area contributed by atoms with E-state index in [1.165, 1.54) is 0 Å². The summed E-state index contributed by atoms with van der Waals surface area (Å²) in [6.07, 6.45) is -2.17. The van der Waals surface area contributed by atoms with Crippen molar-refractivity contribution in [2.24, 2.45) is 0 Å². The maximum absolute atomic E-state index is 13.6. The first kappa shape index (κ1) is 36.0.